The Labute approximate surface area is 146 Å². The Morgan fingerprint density at radius 2 is 1.88 bits per heavy atom. The van der Waals surface area contributed by atoms with E-state index >= 15 is 0 Å². The molecule has 6 nitrogen and oxygen atoms in total. The van der Waals surface area contributed by atoms with Gasteiger partial charge in [0.05, 0.1) is 22.6 Å². The number of aromatic amines is 1. The van der Waals surface area contributed by atoms with E-state index in [9.17, 15) is 4.79 Å². The summed E-state index contributed by atoms with van der Waals surface area (Å²) in [6.45, 7) is 9.80. The molecule has 0 aliphatic carbocycles. The summed E-state index contributed by atoms with van der Waals surface area (Å²) in [7, 11) is 1.88. The van der Waals surface area contributed by atoms with Crippen LogP contribution in [-0.2, 0) is 7.05 Å². The quantitative estimate of drug-likeness (QED) is 0.746. The van der Waals surface area contributed by atoms with E-state index < -0.39 is 0 Å². The Morgan fingerprint density at radius 3 is 2.48 bits per heavy atom. The van der Waals surface area contributed by atoms with E-state index in [1.54, 1.807) is 15.6 Å². The Hall–Kier alpha value is -2.89. The fourth-order valence-electron chi connectivity index (χ4n) is 3.02. The highest BCUT2D eigenvalue weighted by atomic mass is 16.1. The van der Waals surface area contributed by atoms with E-state index in [4.69, 9.17) is 0 Å². The van der Waals surface area contributed by atoms with Gasteiger partial charge in [-0.1, -0.05) is 17.7 Å². The van der Waals surface area contributed by atoms with Crippen molar-refractivity contribution in [1.82, 2.24) is 19.6 Å². The Kier molecular flexibility index (Phi) is 4.20. The fourth-order valence-corrected chi connectivity index (χ4v) is 3.02. The highest BCUT2D eigenvalue weighted by Crippen LogP contribution is 2.22. The zero-order valence-electron chi connectivity index (χ0n) is 15.5. The van der Waals surface area contributed by atoms with Gasteiger partial charge in [-0.25, -0.2) is 4.68 Å². The van der Waals surface area contributed by atoms with Crippen LogP contribution in [0.4, 0.5) is 5.69 Å². The van der Waals surface area contributed by atoms with Crippen LogP contribution in [0.5, 0.6) is 0 Å². The van der Waals surface area contributed by atoms with Crippen molar-refractivity contribution in [1.29, 1.82) is 0 Å². The van der Waals surface area contributed by atoms with Crippen LogP contribution < -0.4 is 5.56 Å². The minimum Gasteiger partial charge on any atom is -0.295 e. The maximum atomic E-state index is 12.8. The molecule has 1 N–H and O–H groups in total. The first kappa shape index (κ1) is 17.0. The molecular weight excluding hydrogens is 314 g/mol. The van der Waals surface area contributed by atoms with E-state index in [0.29, 0.717) is 5.56 Å². The van der Waals surface area contributed by atoms with Crippen molar-refractivity contribution in [2.75, 3.05) is 0 Å². The number of hydrogen-bond donors (Lipinski definition) is 1. The van der Waals surface area contributed by atoms with E-state index in [2.05, 4.69) is 21.3 Å². The number of rotatable bonds is 3. The average molecular weight is 337 g/mol. The molecule has 0 radical (unpaired) electrons. The van der Waals surface area contributed by atoms with Crippen LogP contribution in [0.1, 0.15) is 33.8 Å². The topological polar surface area (TPSA) is 68.0 Å². The van der Waals surface area contributed by atoms with Crippen molar-refractivity contribution in [3.05, 3.63) is 62.3 Å². The average Bonchev–Trinajstić information content (AvgIpc) is 2.95. The second-order valence-electron chi connectivity index (χ2n) is 6.48. The summed E-state index contributed by atoms with van der Waals surface area (Å²) in [6.07, 6.45) is 1.63. The van der Waals surface area contributed by atoms with Crippen LogP contribution in [0.2, 0.25) is 0 Å². The molecule has 0 spiro atoms. The molecule has 0 aliphatic heterocycles. The van der Waals surface area contributed by atoms with Gasteiger partial charge in [0.2, 0.25) is 0 Å². The summed E-state index contributed by atoms with van der Waals surface area (Å²) in [6, 6.07) is 6.02. The minimum absolute atomic E-state index is 0.104. The summed E-state index contributed by atoms with van der Waals surface area (Å²) < 4.78 is 3.37. The second-order valence-corrected chi connectivity index (χ2v) is 6.48. The van der Waals surface area contributed by atoms with Crippen molar-refractivity contribution >= 4 is 11.9 Å². The largest absolute Gasteiger partial charge is 0.295 e. The predicted octanol–water partition coefficient (Wildman–Crippen LogP) is 3.19. The molecule has 2 heterocycles. The van der Waals surface area contributed by atoms with Crippen molar-refractivity contribution in [3.63, 3.8) is 0 Å². The Morgan fingerprint density at radius 1 is 1.16 bits per heavy atom. The number of nitrogens with one attached hydrogen (secondary N) is 1. The number of nitrogens with zero attached hydrogens (tertiary/aromatic N) is 4. The van der Waals surface area contributed by atoms with Gasteiger partial charge in [-0.15, -0.1) is 0 Å². The first-order chi connectivity index (χ1) is 11.8. The molecule has 130 valence electrons. The number of aliphatic imine (C=N–C) groups is 1. The molecule has 0 bridgehead atoms. The number of aromatic nitrogens is 4. The smallest absolute Gasteiger partial charge is 0.280 e. The minimum atomic E-state index is -0.104. The van der Waals surface area contributed by atoms with Gasteiger partial charge in [0.1, 0.15) is 5.69 Å². The second kappa shape index (κ2) is 6.20. The summed E-state index contributed by atoms with van der Waals surface area (Å²) in [5.74, 6) is 0. The molecule has 25 heavy (non-hydrogen) atoms. The molecule has 0 fully saturated rings. The first-order valence-corrected chi connectivity index (χ1v) is 8.23. The van der Waals surface area contributed by atoms with Gasteiger partial charge in [0, 0.05) is 19.0 Å². The van der Waals surface area contributed by atoms with Crippen LogP contribution in [0.25, 0.3) is 5.69 Å². The molecule has 1 aromatic carbocycles. The van der Waals surface area contributed by atoms with Gasteiger partial charge in [-0.05, 0) is 46.2 Å². The standard InChI is InChI=1S/C19H23N5O/c1-11-7-8-17(12(2)9-11)24-19(25)16(13(3)22-24)10-20-18-14(4)21-23(6)15(18)5/h7-10,22H,1-6H3. The predicted molar refractivity (Wildman–Crippen MR) is 101 cm³/mol. The molecule has 0 saturated carbocycles. The van der Waals surface area contributed by atoms with Crippen LogP contribution in [-0.4, -0.2) is 25.8 Å². The zero-order valence-corrected chi connectivity index (χ0v) is 15.5. The summed E-state index contributed by atoms with van der Waals surface area (Å²) in [4.78, 5) is 17.4. The van der Waals surface area contributed by atoms with Gasteiger partial charge >= 0.3 is 0 Å². The third-order valence-electron chi connectivity index (χ3n) is 4.50. The SMILES string of the molecule is Cc1ccc(-n2[nH]c(C)c(C=Nc3c(C)nn(C)c3C)c2=O)c(C)c1. The molecule has 6 heteroatoms. The molecule has 3 rings (SSSR count). The van der Waals surface area contributed by atoms with Crippen LogP contribution in [0.15, 0.2) is 28.0 Å². The molecule has 0 amide bonds. The van der Waals surface area contributed by atoms with Crippen molar-refractivity contribution in [2.24, 2.45) is 12.0 Å². The van der Waals surface area contributed by atoms with Gasteiger partial charge in [-0.3, -0.25) is 19.6 Å². The van der Waals surface area contributed by atoms with Crippen molar-refractivity contribution in [3.8, 4) is 5.69 Å². The highest BCUT2D eigenvalue weighted by Gasteiger charge is 2.13. The molecule has 0 aliphatic rings. The van der Waals surface area contributed by atoms with Crippen LogP contribution in [0.3, 0.4) is 0 Å². The maximum absolute atomic E-state index is 12.8. The molecular formula is C19H23N5O. The van der Waals surface area contributed by atoms with Gasteiger partial charge in [0.25, 0.3) is 5.56 Å². The van der Waals surface area contributed by atoms with E-state index in [1.165, 1.54) is 5.56 Å². The number of hydrogen-bond acceptors (Lipinski definition) is 3. The van der Waals surface area contributed by atoms with Gasteiger partial charge in [-0.2, -0.15) is 5.10 Å². The lowest BCUT2D eigenvalue weighted by molar-refractivity contribution is 0.731. The molecule has 2 aromatic heterocycles. The lowest BCUT2D eigenvalue weighted by Gasteiger charge is -2.06. The van der Waals surface area contributed by atoms with E-state index in [1.807, 2.05) is 53.8 Å². The third kappa shape index (κ3) is 2.95. The molecule has 3 aromatic rings. The molecule has 0 atom stereocenters. The lowest BCUT2D eigenvalue weighted by atomic mass is 10.1. The third-order valence-corrected chi connectivity index (χ3v) is 4.50. The van der Waals surface area contributed by atoms with Crippen LogP contribution >= 0.6 is 0 Å². The van der Waals surface area contributed by atoms with Gasteiger partial charge in [0.15, 0.2) is 0 Å². The first-order valence-electron chi connectivity index (χ1n) is 8.23. The van der Waals surface area contributed by atoms with Gasteiger partial charge < -0.3 is 0 Å². The van der Waals surface area contributed by atoms with Crippen molar-refractivity contribution in [2.45, 2.75) is 34.6 Å². The maximum Gasteiger partial charge on any atom is 0.280 e. The van der Waals surface area contributed by atoms with Crippen LogP contribution in [0, 0.1) is 34.6 Å². The van der Waals surface area contributed by atoms with E-state index in [0.717, 1.165) is 34.0 Å². The molecule has 0 saturated heterocycles. The normalized spacial score (nSPS) is 11.6. The summed E-state index contributed by atoms with van der Waals surface area (Å²) >= 11 is 0. The number of aryl methyl sites for hydroxylation is 5. The summed E-state index contributed by atoms with van der Waals surface area (Å²) in [5, 5.41) is 7.50. The lowest BCUT2D eigenvalue weighted by Crippen LogP contribution is -2.18. The molecule has 0 unspecified atom stereocenters. The Bertz CT molecular complexity index is 1030. The van der Waals surface area contributed by atoms with Crippen molar-refractivity contribution < 1.29 is 0 Å². The highest BCUT2D eigenvalue weighted by molar-refractivity contribution is 5.83. The fraction of sp³-hybridized carbons (Fsp3) is 0.316. The zero-order chi connectivity index (χ0) is 18.3. The summed E-state index contributed by atoms with van der Waals surface area (Å²) in [5.41, 5.74) is 6.93. The Balaban J connectivity index is 2.06. The number of benzene rings is 1. The van der Waals surface area contributed by atoms with E-state index in [-0.39, 0.29) is 5.56 Å². The number of H-pyrrole nitrogens is 1. The monoisotopic (exact) mass is 337 g/mol.